The van der Waals surface area contributed by atoms with Crippen molar-refractivity contribution in [2.24, 2.45) is 0 Å². The molecule has 0 amide bonds. The zero-order valence-electron chi connectivity index (χ0n) is 56.0. The fraction of sp³-hybridized carbons (Fsp3) is 0.941. The van der Waals surface area contributed by atoms with Crippen molar-refractivity contribution >= 4 is 39.5 Å². The summed E-state index contributed by atoms with van der Waals surface area (Å²) in [6, 6.07) is 0. The number of phosphoric ester groups is 2. The van der Waals surface area contributed by atoms with E-state index >= 15 is 0 Å². The van der Waals surface area contributed by atoms with Crippen LogP contribution in [0.25, 0.3) is 0 Å². The molecule has 0 aliphatic carbocycles. The number of ether oxygens (including phenoxy) is 4. The molecule has 87 heavy (non-hydrogen) atoms. The lowest BCUT2D eigenvalue weighted by Gasteiger charge is -2.21. The minimum Gasteiger partial charge on any atom is -0.462 e. The summed E-state index contributed by atoms with van der Waals surface area (Å²) in [4.78, 5) is 71.8. The van der Waals surface area contributed by atoms with Crippen molar-refractivity contribution in [1.82, 2.24) is 0 Å². The Morgan fingerprint density at radius 3 is 0.678 bits per heavy atom. The molecule has 516 valence electrons. The largest absolute Gasteiger partial charge is 0.472 e. The Balaban J connectivity index is 5.05. The lowest BCUT2D eigenvalue weighted by molar-refractivity contribution is -0.161. The molecule has 0 saturated carbocycles. The molecule has 0 spiro atoms. The van der Waals surface area contributed by atoms with Crippen LogP contribution in [-0.2, 0) is 65.4 Å². The zero-order chi connectivity index (χ0) is 64.0. The molecule has 17 nitrogen and oxygen atoms in total. The highest BCUT2D eigenvalue weighted by molar-refractivity contribution is 7.47. The maximum absolute atomic E-state index is 13.0. The van der Waals surface area contributed by atoms with Gasteiger partial charge in [0.15, 0.2) is 12.2 Å². The zero-order valence-corrected chi connectivity index (χ0v) is 57.8. The maximum Gasteiger partial charge on any atom is 0.472 e. The molecule has 0 aromatic rings. The summed E-state index contributed by atoms with van der Waals surface area (Å²) in [5, 5.41) is 10.5. The van der Waals surface area contributed by atoms with E-state index in [1.54, 1.807) is 0 Å². The molecule has 3 N–H and O–H groups in total. The van der Waals surface area contributed by atoms with E-state index < -0.39 is 97.5 Å². The van der Waals surface area contributed by atoms with Crippen LogP contribution in [-0.4, -0.2) is 96.7 Å². The average molecular weight is 1280 g/mol. The predicted octanol–water partition coefficient (Wildman–Crippen LogP) is 19.5. The lowest BCUT2D eigenvalue weighted by atomic mass is 10.0. The van der Waals surface area contributed by atoms with Gasteiger partial charge in [0.05, 0.1) is 26.4 Å². The van der Waals surface area contributed by atoms with Crippen molar-refractivity contribution in [1.29, 1.82) is 0 Å². The van der Waals surface area contributed by atoms with E-state index in [0.717, 1.165) is 96.3 Å². The van der Waals surface area contributed by atoms with Crippen molar-refractivity contribution in [3.05, 3.63) is 0 Å². The Morgan fingerprint density at radius 1 is 0.276 bits per heavy atom. The molecule has 0 heterocycles. The molecule has 0 bridgehead atoms. The molecule has 2 unspecified atom stereocenters. The molecule has 0 rings (SSSR count). The number of aliphatic hydroxyl groups excluding tert-OH is 1. The first kappa shape index (κ1) is 85.1. The van der Waals surface area contributed by atoms with Gasteiger partial charge in [0, 0.05) is 25.7 Å². The quantitative estimate of drug-likeness (QED) is 0.0222. The fourth-order valence-corrected chi connectivity index (χ4v) is 11.9. The Hall–Kier alpha value is -1.94. The number of carbonyl (C=O) groups is 4. The Labute approximate surface area is 530 Å². The normalized spacial score (nSPS) is 14.1. The van der Waals surface area contributed by atoms with Gasteiger partial charge in [0.1, 0.15) is 19.3 Å². The Kier molecular flexibility index (Phi) is 61.4. The molecule has 0 aromatic heterocycles. The summed E-state index contributed by atoms with van der Waals surface area (Å²) in [6.45, 7) is 4.74. The van der Waals surface area contributed by atoms with Crippen LogP contribution in [0, 0.1) is 0 Å². The summed E-state index contributed by atoms with van der Waals surface area (Å²) in [5.41, 5.74) is 0. The summed E-state index contributed by atoms with van der Waals surface area (Å²) >= 11 is 0. The monoisotopic (exact) mass is 1280 g/mol. The summed E-state index contributed by atoms with van der Waals surface area (Å²) in [7, 11) is -9.87. The van der Waals surface area contributed by atoms with E-state index in [1.165, 1.54) is 180 Å². The summed E-state index contributed by atoms with van der Waals surface area (Å²) in [6.07, 6.45) is 51.0. The molecule has 19 heteroatoms. The molecule has 0 saturated heterocycles. The third-order valence-corrected chi connectivity index (χ3v) is 17.8. The Morgan fingerprint density at radius 2 is 0.460 bits per heavy atom. The molecule has 0 aliphatic rings. The standard InChI is InChI=1S/C68H132O17P2/c1-5-9-13-17-19-21-23-25-27-29-30-31-33-35-37-39-41-43-47-51-55-68(73)85-64(59-79-66(71)53-49-46-42-40-38-36-34-32-28-26-24-22-20-18-14-10-6-2)61-83-87(76,77)81-57-62(69)56-80-86(74,75)82-60-63(84-67(72)54-50-45-16-12-8-4)58-78-65(70)52-48-44-15-11-7-3/h62-64,69H,5-61H2,1-4H3,(H,74,75)(H,76,77)/t62-,63+,64+/m0/s1. The first-order valence-electron chi connectivity index (χ1n) is 35.8. The van der Waals surface area contributed by atoms with Crippen molar-refractivity contribution < 1.29 is 80.2 Å². The van der Waals surface area contributed by atoms with Gasteiger partial charge >= 0.3 is 39.5 Å². The van der Waals surface area contributed by atoms with Crippen LogP contribution < -0.4 is 0 Å². The second kappa shape index (κ2) is 62.8. The van der Waals surface area contributed by atoms with E-state index in [0.29, 0.717) is 25.7 Å². The van der Waals surface area contributed by atoms with Gasteiger partial charge in [-0.1, -0.05) is 304 Å². The minimum atomic E-state index is -4.94. The van der Waals surface area contributed by atoms with Crippen LogP contribution in [0.2, 0.25) is 0 Å². The topological polar surface area (TPSA) is 237 Å². The van der Waals surface area contributed by atoms with Gasteiger partial charge in [-0.2, -0.15) is 0 Å². The number of carbonyl (C=O) groups excluding carboxylic acids is 4. The fourth-order valence-electron chi connectivity index (χ4n) is 10.3. The molecule has 0 fully saturated rings. The van der Waals surface area contributed by atoms with Gasteiger partial charge in [-0.25, -0.2) is 9.13 Å². The van der Waals surface area contributed by atoms with Crippen LogP contribution in [0.1, 0.15) is 355 Å². The highest BCUT2D eigenvalue weighted by Crippen LogP contribution is 2.45. The molecule has 0 aromatic carbocycles. The van der Waals surface area contributed by atoms with Crippen molar-refractivity contribution in [3.8, 4) is 0 Å². The van der Waals surface area contributed by atoms with Gasteiger partial charge in [-0.15, -0.1) is 0 Å². The number of esters is 4. The number of unbranched alkanes of at least 4 members (excludes halogenated alkanes) is 43. The van der Waals surface area contributed by atoms with E-state index in [-0.39, 0.29) is 25.7 Å². The highest BCUT2D eigenvalue weighted by atomic mass is 31.2. The van der Waals surface area contributed by atoms with Crippen LogP contribution in [0.3, 0.4) is 0 Å². The maximum atomic E-state index is 13.0. The summed E-state index contributed by atoms with van der Waals surface area (Å²) in [5.74, 6) is -2.15. The third kappa shape index (κ3) is 62.6. The van der Waals surface area contributed by atoms with Gasteiger partial charge in [-0.05, 0) is 25.7 Å². The van der Waals surface area contributed by atoms with E-state index in [9.17, 15) is 43.2 Å². The van der Waals surface area contributed by atoms with Crippen LogP contribution in [0.15, 0.2) is 0 Å². The predicted molar refractivity (Wildman–Crippen MR) is 349 cm³/mol. The van der Waals surface area contributed by atoms with E-state index in [2.05, 4.69) is 27.7 Å². The van der Waals surface area contributed by atoms with Crippen molar-refractivity contribution in [2.45, 2.75) is 373 Å². The van der Waals surface area contributed by atoms with Gasteiger partial charge in [0.2, 0.25) is 0 Å². The first-order valence-corrected chi connectivity index (χ1v) is 38.8. The second-order valence-corrected chi connectivity index (χ2v) is 27.5. The molecular weight excluding hydrogens is 1150 g/mol. The average Bonchev–Trinajstić information content (AvgIpc) is 3.61. The van der Waals surface area contributed by atoms with Crippen LogP contribution in [0.5, 0.6) is 0 Å². The smallest absolute Gasteiger partial charge is 0.462 e. The molecule has 0 radical (unpaired) electrons. The van der Waals surface area contributed by atoms with E-state index in [1.807, 2.05) is 0 Å². The lowest BCUT2D eigenvalue weighted by Crippen LogP contribution is -2.30. The van der Waals surface area contributed by atoms with E-state index in [4.69, 9.17) is 37.0 Å². The first-order chi connectivity index (χ1) is 42.2. The van der Waals surface area contributed by atoms with Gasteiger partial charge < -0.3 is 33.8 Å². The third-order valence-electron chi connectivity index (χ3n) is 15.9. The van der Waals surface area contributed by atoms with Gasteiger partial charge in [0.25, 0.3) is 0 Å². The number of rotatable bonds is 69. The number of aliphatic hydroxyl groups is 1. The van der Waals surface area contributed by atoms with Crippen molar-refractivity contribution in [2.75, 3.05) is 39.6 Å². The second-order valence-electron chi connectivity index (χ2n) is 24.6. The molecular formula is C68H132O17P2. The molecule has 5 atom stereocenters. The summed E-state index contributed by atoms with van der Waals surface area (Å²) < 4.78 is 67.7. The highest BCUT2D eigenvalue weighted by Gasteiger charge is 2.30. The number of phosphoric acid groups is 2. The number of hydrogen-bond acceptors (Lipinski definition) is 15. The van der Waals surface area contributed by atoms with Crippen LogP contribution in [0.4, 0.5) is 0 Å². The van der Waals surface area contributed by atoms with Crippen LogP contribution >= 0.6 is 15.6 Å². The SMILES string of the molecule is CCCCCCCCCCCCCCCCCCCCCCC(=O)O[C@H](COC(=O)CCCCCCCCCCCCCCCCCCC)COP(=O)(O)OC[C@@H](O)COP(=O)(O)OC[C@@H](COC(=O)CCCCCCC)OC(=O)CCCCCCC. The van der Waals surface area contributed by atoms with Crippen molar-refractivity contribution in [3.63, 3.8) is 0 Å². The minimum absolute atomic E-state index is 0.0993. The number of hydrogen-bond donors (Lipinski definition) is 3. The molecule has 0 aliphatic heterocycles. The Bertz CT molecular complexity index is 1670. The van der Waals surface area contributed by atoms with Gasteiger partial charge in [-0.3, -0.25) is 37.3 Å².